The largest absolute Gasteiger partial charge is 0.394 e. The van der Waals surface area contributed by atoms with Gasteiger partial charge in [0.2, 0.25) is 0 Å². The van der Waals surface area contributed by atoms with Gasteiger partial charge in [-0.2, -0.15) is 0 Å². The number of carbonyl (C=O) groups excluding carboxylic acids is 1. The summed E-state index contributed by atoms with van der Waals surface area (Å²) in [5, 5.41) is 12.9. The zero-order valence-corrected chi connectivity index (χ0v) is 18.0. The molecule has 3 heterocycles. The first-order chi connectivity index (χ1) is 13.8. The molecule has 1 fully saturated rings. The fourth-order valence-corrected chi connectivity index (χ4v) is 4.42. The van der Waals surface area contributed by atoms with Crippen molar-refractivity contribution in [3.05, 3.63) is 52.0 Å². The number of hydrogen-bond acceptors (Lipinski definition) is 5. The summed E-state index contributed by atoms with van der Waals surface area (Å²) in [7, 11) is 0. The van der Waals surface area contributed by atoms with Crippen LogP contribution in [0.25, 0.3) is 11.0 Å². The molecule has 29 heavy (non-hydrogen) atoms. The maximum Gasteiger partial charge on any atom is 0.256 e. The van der Waals surface area contributed by atoms with Gasteiger partial charge in [0.1, 0.15) is 17.8 Å². The summed E-state index contributed by atoms with van der Waals surface area (Å²) in [5.41, 5.74) is -0.753. The van der Waals surface area contributed by atoms with Crippen LogP contribution in [-0.2, 0) is 4.74 Å². The van der Waals surface area contributed by atoms with E-state index in [1.807, 2.05) is 6.07 Å². The van der Waals surface area contributed by atoms with Crippen molar-refractivity contribution in [1.82, 2.24) is 14.5 Å². The summed E-state index contributed by atoms with van der Waals surface area (Å²) >= 11 is 2.10. The third kappa shape index (κ3) is 3.40. The highest BCUT2D eigenvalue weighted by molar-refractivity contribution is 14.1. The highest BCUT2D eigenvalue weighted by atomic mass is 127. The van der Waals surface area contributed by atoms with E-state index >= 15 is 4.39 Å². The van der Waals surface area contributed by atoms with E-state index < -0.39 is 23.9 Å². The number of aliphatic hydroxyl groups is 1. The predicted molar refractivity (Wildman–Crippen MR) is 114 cm³/mol. The van der Waals surface area contributed by atoms with Crippen molar-refractivity contribution in [1.29, 1.82) is 0 Å². The molecule has 1 saturated heterocycles. The van der Waals surface area contributed by atoms with Gasteiger partial charge in [-0.1, -0.05) is 25.1 Å². The van der Waals surface area contributed by atoms with E-state index in [1.165, 1.54) is 13.3 Å². The lowest BCUT2D eigenvalue weighted by molar-refractivity contribution is -0.0563. The van der Waals surface area contributed by atoms with Crippen molar-refractivity contribution in [2.24, 2.45) is 5.92 Å². The average molecular weight is 510 g/mol. The molecule has 3 aromatic rings. The molecule has 4 rings (SSSR count). The molecule has 1 amide bonds. The minimum atomic E-state index is -1.71. The summed E-state index contributed by atoms with van der Waals surface area (Å²) < 4.78 is 23.7. The molecular formula is C20H20FIN4O3. The first kappa shape index (κ1) is 20.2. The van der Waals surface area contributed by atoms with Crippen LogP contribution in [0.4, 0.5) is 10.2 Å². The molecule has 1 aromatic carbocycles. The molecule has 1 aliphatic rings. The number of nitrogens with one attached hydrogen (secondary N) is 1. The van der Waals surface area contributed by atoms with Gasteiger partial charge in [-0.3, -0.25) is 4.79 Å². The molecule has 7 nitrogen and oxygen atoms in total. The van der Waals surface area contributed by atoms with Crippen molar-refractivity contribution in [3.8, 4) is 0 Å². The Bertz CT molecular complexity index is 1060. The van der Waals surface area contributed by atoms with Gasteiger partial charge >= 0.3 is 0 Å². The zero-order chi connectivity index (χ0) is 20.8. The number of fused-ring (bicyclic) bond motifs is 1. The van der Waals surface area contributed by atoms with E-state index in [-0.39, 0.29) is 12.5 Å². The summed E-state index contributed by atoms with van der Waals surface area (Å²) in [4.78, 5) is 21.1. The van der Waals surface area contributed by atoms with Crippen LogP contribution in [0.2, 0.25) is 0 Å². The summed E-state index contributed by atoms with van der Waals surface area (Å²) in [5.74, 6) is -0.445. The Morgan fingerprint density at radius 2 is 2.10 bits per heavy atom. The van der Waals surface area contributed by atoms with Crippen LogP contribution in [0.3, 0.4) is 0 Å². The highest BCUT2D eigenvalue weighted by Crippen LogP contribution is 2.46. The highest BCUT2D eigenvalue weighted by Gasteiger charge is 2.53. The van der Waals surface area contributed by atoms with Crippen LogP contribution < -0.4 is 5.32 Å². The zero-order valence-electron chi connectivity index (χ0n) is 15.8. The lowest BCUT2D eigenvalue weighted by atomic mass is 9.90. The number of ether oxygens (including phenoxy) is 1. The second-order valence-electron chi connectivity index (χ2n) is 7.27. The maximum atomic E-state index is 15.5. The molecule has 9 heteroatoms. The number of benzene rings is 1. The summed E-state index contributed by atoms with van der Waals surface area (Å²) in [6.07, 6.45) is 1.50. The van der Waals surface area contributed by atoms with E-state index in [2.05, 4.69) is 37.9 Å². The van der Waals surface area contributed by atoms with Crippen molar-refractivity contribution >= 4 is 45.3 Å². The topological polar surface area (TPSA) is 89.3 Å². The smallest absolute Gasteiger partial charge is 0.256 e. The normalized spacial score (nSPS) is 26.7. The number of carbonyl (C=O) groups is 1. The Balaban J connectivity index is 1.74. The fraction of sp³-hybridized carbons (Fsp3) is 0.350. The minimum absolute atomic E-state index is 0.263. The quantitative estimate of drug-likeness (QED) is 0.525. The number of aromatic nitrogens is 3. The molecule has 4 atom stereocenters. The van der Waals surface area contributed by atoms with Crippen LogP contribution in [0.15, 0.2) is 42.9 Å². The number of rotatable bonds is 4. The van der Waals surface area contributed by atoms with Crippen LogP contribution in [0.5, 0.6) is 0 Å². The molecule has 0 bridgehead atoms. The van der Waals surface area contributed by atoms with Crippen molar-refractivity contribution < 1.29 is 19.0 Å². The third-order valence-corrected chi connectivity index (χ3v) is 6.32. The second-order valence-corrected chi connectivity index (χ2v) is 8.44. The molecule has 0 saturated carbocycles. The average Bonchev–Trinajstić information content (AvgIpc) is 3.17. The Morgan fingerprint density at radius 3 is 2.76 bits per heavy atom. The van der Waals surface area contributed by atoms with E-state index in [0.29, 0.717) is 22.4 Å². The molecule has 2 N–H and O–H groups in total. The molecule has 1 aliphatic heterocycles. The Hall–Kier alpha value is -2.11. The van der Waals surface area contributed by atoms with Gasteiger partial charge in [-0.15, -0.1) is 0 Å². The second kappa shape index (κ2) is 7.62. The number of aliphatic hydroxyl groups excluding tert-OH is 1. The maximum absolute atomic E-state index is 15.5. The number of alkyl halides is 1. The van der Waals surface area contributed by atoms with E-state index in [4.69, 9.17) is 4.74 Å². The molecule has 0 aliphatic carbocycles. The van der Waals surface area contributed by atoms with Gasteiger partial charge in [-0.05, 0) is 41.6 Å². The number of nitrogens with zero attached hydrogens (tertiary/aromatic N) is 3. The Kier molecular flexibility index (Phi) is 5.30. The van der Waals surface area contributed by atoms with E-state index in [9.17, 15) is 9.90 Å². The Morgan fingerprint density at radius 1 is 1.38 bits per heavy atom. The summed E-state index contributed by atoms with van der Waals surface area (Å²) in [6, 6.07) is 8.81. The molecular weight excluding hydrogens is 490 g/mol. The molecule has 0 unspecified atom stereocenters. The number of hydrogen-bond donors (Lipinski definition) is 2. The van der Waals surface area contributed by atoms with Gasteiger partial charge < -0.3 is 19.7 Å². The SMILES string of the molecule is C[C@@H]1[C@@H](CO)O[C@@H](n2cc(I)c3c(NC(=O)c4ccccc4)ncnc32)[C@]1(C)F. The summed E-state index contributed by atoms with van der Waals surface area (Å²) in [6.45, 7) is 2.93. The minimum Gasteiger partial charge on any atom is -0.394 e. The molecule has 0 spiro atoms. The first-order valence-corrected chi connectivity index (χ1v) is 10.2. The van der Waals surface area contributed by atoms with Gasteiger partial charge in [0.05, 0.1) is 18.1 Å². The van der Waals surface area contributed by atoms with Crippen molar-refractivity contribution in [2.75, 3.05) is 11.9 Å². The van der Waals surface area contributed by atoms with Crippen molar-refractivity contribution in [3.63, 3.8) is 0 Å². The number of amides is 1. The Labute approximate surface area is 180 Å². The van der Waals surface area contributed by atoms with Crippen molar-refractivity contribution in [2.45, 2.75) is 31.8 Å². The molecule has 2 aromatic heterocycles. The van der Waals surface area contributed by atoms with Crippen LogP contribution >= 0.6 is 22.6 Å². The van der Waals surface area contributed by atoms with Gasteiger partial charge in [0.15, 0.2) is 11.9 Å². The van der Waals surface area contributed by atoms with Gasteiger partial charge in [-0.25, -0.2) is 14.4 Å². The standard InChI is InChI=1S/C20H20FIN4O3/c1-11-14(9-27)29-19(20(11,2)21)26-8-13(22)15-16(23-10-24-17(15)26)25-18(28)12-6-4-3-5-7-12/h3-8,10-11,14,19,27H,9H2,1-2H3,(H,23,24,25,28)/t11-,14-,19-,20-/m1/s1. The molecule has 152 valence electrons. The third-order valence-electron chi connectivity index (χ3n) is 5.50. The lowest BCUT2D eigenvalue weighted by Gasteiger charge is -2.26. The number of halogens is 2. The monoisotopic (exact) mass is 510 g/mol. The van der Waals surface area contributed by atoms with E-state index in [0.717, 1.165) is 3.57 Å². The van der Waals surface area contributed by atoms with Crippen LogP contribution in [0.1, 0.15) is 30.4 Å². The molecule has 0 radical (unpaired) electrons. The van der Waals surface area contributed by atoms with Gasteiger partial charge in [0, 0.05) is 21.2 Å². The first-order valence-electron chi connectivity index (χ1n) is 9.17. The van der Waals surface area contributed by atoms with Crippen LogP contribution in [-0.4, -0.2) is 43.9 Å². The fourth-order valence-electron chi connectivity index (χ4n) is 3.63. The van der Waals surface area contributed by atoms with Gasteiger partial charge in [0.25, 0.3) is 5.91 Å². The number of anilines is 1. The van der Waals surface area contributed by atoms with Crippen LogP contribution in [0, 0.1) is 9.49 Å². The lowest BCUT2D eigenvalue weighted by Crippen LogP contribution is -2.34. The van der Waals surface area contributed by atoms with E-state index in [1.54, 1.807) is 42.0 Å². The predicted octanol–water partition coefficient (Wildman–Crippen LogP) is 3.54.